The quantitative estimate of drug-likeness (QED) is 0.0712. The number of hydrogen-bond acceptors (Lipinski definition) is 21. The molecule has 0 aliphatic carbocycles. The molecule has 5 heterocycles. The second-order valence-electron chi connectivity index (χ2n) is 10.4. The van der Waals surface area contributed by atoms with Crippen LogP contribution in [-0.2, 0) is 49.7 Å². The maximum atomic E-state index is 12.5. The number of phosphoric acid groups is 4. The van der Waals surface area contributed by atoms with Crippen LogP contribution in [0.1, 0.15) is 12.5 Å². The van der Waals surface area contributed by atoms with Crippen molar-refractivity contribution in [1.29, 1.82) is 0 Å². The van der Waals surface area contributed by atoms with Crippen LogP contribution in [0.25, 0.3) is 11.2 Å². The van der Waals surface area contributed by atoms with E-state index in [2.05, 4.69) is 36.9 Å². The normalized spacial score (nSPS) is 31.5. The molecule has 12 atom stereocenters. The smallest absolute Gasteiger partial charge is 0.394 e. The summed E-state index contributed by atoms with van der Waals surface area (Å²) in [4.78, 5) is 76.6. The molecular formula is C19H27N7O21P4. The van der Waals surface area contributed by atoms with Crippen LogP contribution in [0.2, 0.25) is 0 Å². The molecule has 11 N–H and O–H groups in total. The van der Waals surface area contributed by atoms with Crippen LogP contribution in [-0.4, -0.2) is 119 Å². The highest BCUT2D eigenvalue weighted by Gasteiger charge is 2.52. The van der Waals surface area contributed by atoms with E-state index in [4.69, 9.17) is 15.2 Å². The summed E-state index contributed by atoms with van der Waals surface area (Å²) in [6.07, 6.45) is -11.2. The number of aromatic nitrogens is 6. The SMILES string of the molecule is Nc1ncnc2c1ncn2[C@@H]1O[C@H](COP(=O)(O)OP(=O)(O)OP(=O)(O)OP(=O)(O)O[C@H]2[C@@H](O)[C@H](n3ccc(=O)[nH]c3=O)O[C@@H]2CO)[C@@H](O)[C@H]1O. The average molecular weight is 813 g/mol. The van der Waals surface area contributed by atoms with Gasteiger partial charge in [0.2, 0.25) is 0 Å². The van der Waals surface area contributed by atoms with E-state index in [9.17, 15) is 67.8 Å². The number of aliphatic hydroxyl groups is 4. The predicted octanol–water partition coefficient (Wildman–Crippen LogP) is -3.32. The molecule has 0 saturated carbocycles. The Morgan fingerprint density at radius 2 is 1.43 bits per heavy atom. The maximum Gasteiger partial charge on any atom is 0.490 e. The summed E-state index contributed by atoms with van der Waals surface area (Å²) in [5.74, 6) is -0.0261. The second-order valence-corrected chi connectivity index (χ2v) is 16.5. The lowest BCUT2D eigenvalue weighted by Crippen LogP contribution is -2.38. The lowest BCUT2D eigenvalue weighted by Gasteiger charge is -2.24. The summed E-state index contributed by atoms with van der Waals surface area (Å²) >= 11 is 0. The van der Waals surface area contributed by atoms with Crippen molar-refractivity contribution in [2.24, 2.45) is 0 Å². The Labute approximate surface area is 281 Å². The Morgan fingerprint density at radius 3 is 2.08 bits per heavy atom. The van der Waals surface area contributed by atoms with E-state index in [1.165, 1.54) is 0 Å². The molecule has 51 heavy (non-hydrogen) atoms. The standard InChI is InChI=1S/C19H27N7O21P4/c20-15-10-16(22-5-21-15)26(6-23-10)17-12(30)11(29)8(43-17)4-41-48(33,34)45-50(37,38)47-51(39,40)46-49(35,36)44-14-7(3-27)42-18(13(14)31)25-2-1-9(28)24-19(25)32/h1-2,5-8,11-14,17-18,27,29-31H,3-4H2,(H,33,34)(H,35,36)(H,37,38)(H,39,40)(H2,20,21,22)(H,24,28,32)/t7-,8-,11-,12-,13-,14-,17-,18-/m1/s1. The third-order valence-electron chi connectivity index (χ3n) is 6.89. The fourth-order valence-corrected chi connectivity index (χ4v) is 9.94. The van der Waals surface area contributed by atoms with Gasteiger partial charge in [-0.2, -0.15) is 12.9 Å². The van der Waals surface area contributed by atoms with Gasteiger partial charge < -0.3 is 55.2 Å². The molecule has 5 rings (SSSR count). The van der Waals surface area contributed by atoms with Crippen molar-refractivity contribution >= 4 is 48.3 Å². The number of phosphoric ester groups is 2. The zero-order valence-electron chi connectivity index (χ0n) is 24.8. The molecule has 3 aromatic heterocycles. The molecule has 284 valence electrons. The monoisotopic (exact) mass is 813 g/mol. The van der Waals surface area contributed by atoms with Gasteiger partial charge in [0, 0.05) is 12.3 Å². The number of nitrogens with two attached hydrogens (primary N) is 1. The van der Waals surface area contributed by atoms with Crippen molar-refractivity contribution in [3.63, 3.8) is 0 Å². The van der Waals surface area contributed by atoms with Gasteiger partial charge in [-0.1, -0.05) is 0 Å². The van der Waals surface area contributed by atoms with E-state index in [1.54, 1.807) is 0 Å². The molecule has 2 aliphatic heterocycles. The van der Waals surface area contributed by atoms with Crippen molar-refractivity contribution in [2.75, 3.05) is 18.9 Å². The van der Waals surface area contributed by atoms with Crippen LogP contribution < -0.4 is 17.0 Å². The Bertz CT molecular complexity index is 2080. The number of aromatic amines is 1. The van der Waals surface area contributed by atoms with E-state index in [-0.39, 0.29) is 17.0 Å². The Balaban J connectivity index is 1.18. The molecule has 0 radical (unpaired) electrons. The summed E-state index contributed by atoms with van der Waals surface area (Å²) in [6.45, 7) is -2.19. The number of rotatable bonds is 14. The minimum atomic E-state index is -6.30. The minimum Gasteiger partial charge on any atom is -0.394 e. The number of hydrogen-bond donors (Lipinski definition) is 10. The second kappa shape index (κ2) is 14.6. The Hall–Kier alpha value is -2.65. The highest BCUT2D eigenvalue weighted by atomic mass is 31.3. The highest BCUT2D eigenvalue weighted by Crippen LogP contribution is 2.72. The van der Waals surface area contributed by atoms with Crippen LogP contribution >= 0.6 is 31.3 Å². The van der Waals surface area contributed by atoms with Crippen LogP contribution in [0.5, 0.6) is 0 Å². The van der Waals surface area contributed by atoms with Gasteiger partial charge in [0.1, 0.15) is 48.5 Å². The molecule has 0 bridgehead atoms. The maximum absolute atomic E-state index is 12.5. The number of imidazole rings is 1. The summed E-state index contributed by atoms with van der Waals surface area (Å²) in [5.41, 5.74) is 3.93. The van der Waals surface area contributed by atoms with E-state index in [1.807, 2.05) is 4.98 Å². The third-order valence-corrected chi connectivity index (χ3v) is 12.8. The first-order valence-corrected chi connectivity index (χ1v) is 19.6. The minimum absolute atomic E-state index is 0.0261. The number of nitrogens with zero attached hydrogens (tertiary/aromatic N) is 5. The lowest BCUT2D eigenvalue weighted by molar-refractivity contribution is -0.0548. The average Bonchev–Trinajstić information content (AvgIpc) is 3.64. The van der Waals surface area contributed by atoms with Gasteiger partial charge in [-0.25, -0.2) is 38.0 Å². The van der Waals surface area contributed by atoms with E-state index in [0.717, 1.165) is 29.5 Å². The number of nitrogen functional groups attached to an aromatic ring is 1. The number of fused-ring (bicyclic) bond motifs is 1. The number of anilines is 1. The van der Waals surface area contributed by atoms with Gasteiger partial charge in [0.25, 0.3) is 5.56 Å². The third kappa shape index (κ3) is 8.94. The summed E-state index contributed by atoms with van der Waals surface area (Å²) in [6, 6.07) is 0.841. The molecular weight excluding hydrogens is 786 g/mol. The molecule has 32 heteroatoms. The molecule has 3 aromatic rings. The fraction of sp³-hybridized carbons (Fsp3) is 0.526. The molecule has 0 spiro atoms. The van der Waals surface area contributed by atoms with Crippen molar-refractivity contribution in [1.82, 2.24) is 29.1 Å². The zero-order chi connectivity index (χ0) is 37.7. The van der Waals surface area contributed by atoms with E-state index < -0.39 is 105 Å². The Morgan fingerprint density at radius 1 is 0.824 bits per heavy atom. The van der Waals surface area contributed by atoms with Gasteiger partial charge in [0.05, 0.1) is 19.5 Å². The summed E-state index contributed by atoms with van der Waals surface area (Å²) in [7, 11) is -24.4. The van der Waals surface area contributed by atoms with Crippen molar-refractivity contribution in [3.8, 4) is 0 Å². The van der Waals surface area contributed by atoms with Crippen LogP contribution in [0, 0.1) is 0 Å². The number of aliphatic hydroxyl groups excluding tert-OH is 4. The van der Waals surface area contributed by atoms with Crippen molar-refractivity contribution in [2.45, 2.75) is 49.1 Å². The van der Waals surface area contributed by atoms with Gasteiger partial charge in [-0.05, 0) is 0 Å². The first-order valence-electron chi connectivity index (χ1n) is 13.6. The van der Waals surface area contributed by atoms with Gasteiger partial charge in [0.15, 0.2) is 23.9 Å². The first kappa shape index (κ1) is 39.6. The van der Waals surface area contributed by atoms with Crippen molar-refractivity contribution < 1.29 is 89.7 Å². The molecule has 4 unspecified atom stereocenters. The Kier molecular flexibility index (Phi) is 11.4. The largest absolute Gasteiger partial charge is 0.490 e. The molecule has 2 aliphatic rings. The van der Waals surface area contributed by atoms with Crippen LogP contribution in [0.4, 0.5) is 5.82 Å². The summed E-state index contributed by atoms with van der Waals surface area (Å²) < 4.78 is 82.7. The van der Waals surface area contributed by atoms with E-state index >= 15 is 0 Å². The lowest BCUT2D eigenvalue weighted by atomic mass is 10.1. The number of ether oxygens (including phenoxy) is 2. The molecule has 0 amide bonds. The van der Waals surface area contributed by atoms with E-state index in [0.29, 0.717) is 4.57 Å². The highest BCUT2D eigenvalue weighted by molar-refractivity contribution is 7.69. The van der Waals surface area contributed by atoms with Crippen molar-refractivity contribution in [3.05, 3.63) is 45.8 Å². The van der Waals surface area contributed by atoms with Gasteiger partial charge in [-0.3, -0.25) is 28.0 Å². The fourth-order valence-electron chi connectivity index (χ4n) is 4.79. The first-order chi connectivity index (χ1) is 23.6. The molecule has 0 aromatic carbocycles. The zero-order valence-corrected chi connectivity index (χ0v) is 28.4. The van der Waals surface area contributed by atoms with Crippen LogP contribution in [0.3, 0.4) is 0 Å². The number of H-pyrrole nitrogens is 1. The van der Waals surface area contributed by atoms with Gasteiger partial charge >= 0.3 is 37.0 Å². The predicted molar refractivity (Wildman–Crippen MR) is 157 cm³/mol. The van der Waals surface area contributed by atoms with Gasteiger partial charge in [-0.15, -0.1) is 0 Å². The molecule has 2 fully saturated rings. The summed E-state index contributed by atoms with van der Waals surface area (Å²) in [5, 5.41) is 41.0. The topological polar surface area (TPSA) is 419 Å². The molecule has 2 saturated heterocycles. The number of nitrogens with one attached hydrogen (secondary N) is 1. The van der Waals surface area contributed by atoms with Crippen LogP contribution in [0.15, 0.2) is 34.5 Å². The molecule has 28 nitrogen and oxygen atoms in total.